The number of nitriles is 3. The number of nitro groups is 1. The highest BCUT2D eigenvalue weighted by molar-refractivity contribution is 5.61. The Bertz CT molecular complexity index is 1640. The summed E-state index contributed by atoms with van der Waals surface area (Å²) in [5, 5.41) is 45.0. The van der Waals surface area contributed by atoms with Crippen molar-refractivity contribution in [1.82, 2.24) is 0 Å². The van der Waals surface area contributed by atoms with Crippen molar-refractivity contribution in [3.63, 3.8) is 0 Å². The zero-order valence-electron chi connectivity index (χ0n) is 22.0. The molecule has 0 aliphatic rings. The summed E-state index contributed by atoms with van der Waals surface area (Å²) in [6.45, 7) is 10.9. The van der Waals surface area contributed by atoms with Gasteiger partial charge in [-0.2, -0.15) is 15.8 Å². The lowest BCUT2D eigenvalue weighted by Crippen LogP contribution is -1.90. The second kappa shape index (κ2) is 15.8. The third-order valence-electron chi connectivity index (χ3n) is 4.89. The van der Waals surface area contributed by atoms with Crippen LogP contribution in [0.2, 0.25) is 0 Å². The Morgan fingerprint density at radius 1 is 0.800 bits per heavy atom. The van der Waals surface area contributed by atoms with Crippen molar-refractivity contribution in [3.05, 3.63) is 142 Å². The lowest BCUT2D eigenvalue weighted by molar-refractivity contribution is -0.384. The number of aryl methyl sites for hydroxylation is 2. The highest BCUT2D eigenvalue weighted by atomic mass is 16.6. The fourth-order valence-corrected chi connectivity index (χ4v) is 3.04. The van der Waals surface area contributed by atoms with Gasteiger partial charge in [0.05, 0.1) is 34.3 Å². The second-order valence-electron chi connectivity index (χ2n) is 7.87. The molecule has 0 saturated carbocycles. The Morgan fingerprint density at radius 2 is 1.38 bits per heavy atom. The summed E-state index contributed by atoms with van der Waals surface area (Å²) in [6, 6.07) is 28.7. The van der Waals surface area contributed by atoms with Gasteiger partial charge >= 0.3 is 0 Å². The highest BCUT2D eigenvalue weighted by Crippen LogP contribution is 2.28. The maximum absolute atomic E-state index is 10.3. The molecule has 9 heteroatoms. The lowest BCUT2D eigenvalue weighted by Gasteiger charge is -2.07. The van der Waals surface area contributed by atoms with Crippen molar-refractivity contribution >= 4 is 11.4 Å². The van der Waals surface area contributed by atoms with Crippen molar-refractivity contribution in [3.8, 4) is 35.5 Å². The van der Waals surface area contributed by atoms with E-state index in [2.05, 4.69) is 4.85 Å². The number of aromatic hydroxyl groups is 1. The van der Waals surface area contributed by atoms with Crippen LogP contribution in [0.5, 0.6) is 17.2 Å². The quantitative estimate of drug-likeness (QED) is 0.162. The van der Waals surface area contributed by atoms with E-state index in [1.54, 1.807) is 42.5 Å². The van der Waals surface area contributed by atoms with Crippen LogP contribution in [0, 0.1) is 72.0 Å². The monoisotopic (exact) mass is 530 g/mol. The molecule has 9 nitrogen and oxygen atoms in total. The molecule has 0 heterocycles. The third-order valence-corrected chi connectivity index (χ3v) is 4.89. The van der Waals surface area contributed by atoms with E-state index in [1.807, 2.05) is 56.3 Å². The molecule has 0 radical (unpaired) electrons. The van der Waals surface area contributed by atoms with E-state index < -0.39 is 4.92 Å². The fourth-order valence-electron chi connectivity index (χ4n) is 3.04. The van der Waals surface area contributed by atoms with Crippen molar-refractivity contribution in [2.75, 3.05) is 0 Å². The molecular formula is C31H24N5O4-. The highest BCUT2D eigenvalue weighted by Gasteiger charge is 2.09. The van der Waals surface area contributed by atoms with Gasteiger partial charge in [-0.25, -0.2) is 4.85 Å². The van der Waals surface area contributed by atoms with Crippen LogP contribution in [0.1, 0.15) is 27.8 Å². The van der Waals surface area contributed by atoms with Gasteiger partial charge in [-0.05, 0) is 67.4 Å². The van der Waals surface area contributed by atoms with Crippen LogP contribution in [-0.2, 0) is 0 Å². The van der Waals surface area contributed by atoms with E-state index in [0.29, 0.717) is 22.7 Å². The zero-order valence-corrected chi connectivity index (χ0v) is 22.0. The molecule has 0 aliphatic heterocycles. The van der Waals surface area contributed by atoms with Gasteiger partial charge in [0.1, 0.15) is 29.4 Å². The zero-order chi connectivity index (χ0) is 28.8. The molecule has 0 saturated heterocycles. The normalized spacial score (nSPS) is 8.75. The maximum Gasteiger partial charge on any atom is 0.270 e. The molecule has 0 spiro atoms. The topological polar surface area (TPSA) is 148 Å². The summed E-state index contributed by atoms with van der Waals surface area (Å²) < 4.78 is 5.65. The Labute approximate surface area is 233 Å². The average molecular weight is 531 g/mol. The summed E-state index contributed by atoms with van der Waals surface area (Å²) in [6.07, 6.45) is 0. The number of hydrogen-bond acceptors (Lipinski definition) is 7. The number of rotatable bonds is 3. The minimum Gasteiger partial charge on any atom is -0.508 e. The van der Waals surface area contributed by atoms with E-state index in [-0.39, 0.29) is 24.2 Å². The number of ether oxygens (including phenoxy) is 1. The number of phenolic OH excluding ortho intramolecular Hbond substituents is 1. The van der Waals surface area contributed by atoms with Gasteiger partial charge in [0.25, 0.3) is 5.69 Å². The first kappa shape index (κ1) is 31.9. The van der Waals surface area contributed by atoms with Gasteiger partial charge in [0.2, 0.25) is 5.69 Å². The van der Waals surface area contributed by atoms with Crippen LogP contribution in [0.15, 0.2) is 84.9 Å². The van der Waals surface area contributed by atoms with Crippen molar-refractivity contribution in [1.29, 1.82) is 15.8 Å². The number of hydrogen-bond donors (Lipinski definition) is 1. The summed E-state index contributed by atoms with van der Waals surface area (Å²) in [7, 11) is 0. The average Bonchev–Trinajstić information content (AvgIpc) is 2.93. The SMILES string of the molecule is Cc1cccc(O)c1.N#Cc1ccc([N+](=O)[O-])cc1C#N.[C-]#[N+]c1cc(Oc2cccc(C)c2)ccc1C#N.[CH3-]. The predicted molar refractivity (Wildman–Crippen MR) is 150 cm³/mol. The van der Waals surface area contributed by atoms with Gasteiger partial charge in [-0.3, -0.25) is 10.1 Å². The first-order valence-electron chi connectivity index (χ1n) is 11.2. The van der Waals surface area contributed by atoms with Gasteiger partial charge in [-0.15, -0.1) is 0 Å². The fraction of sp³-hybridized carbons (Fsp3) is 0.0645. The maximum atomic E-state index is 10.3. The summed E-state index contributed by atoms with van der Waals surface area (Å²) in [5.74, 6) is 1.62. The van der Waals surface area contributed by atoms with E-state index in [0.717, 1.165) is 22.9 Å². The number of nitro benzene ring substituents is 1. The predicted octanol–water partition coefficient (Wildman–Crippen LogP) is 7.70. The largest absolute Gasteiger partial charge is 0.508 e. The van der Waals surface area contributed by atoms with Crippen LogP contribution in [0.25, 0.3) is 4.85 Å². The molecule has 198 valence electrons. The Morgan fingerprint density at radius 3 is 1.88 bits per heavy atom. The van der Waals surface area contributed by atoms with Gasteiger partial charge in [-0.1, -0.05) is 30.3 Å². The first-order chi connectivity index (χ1) is 18.7. The van der Waals surface area contributed by atoms with E-state index in [1.165, 1.54) is 12.1 Å². The number of nitrogens with zero attached hydrogens (tertiary/aromatic N) is 5. The van der Waals surface area contributed by atoms with Crippen molar-refractivity contribution < 1.29 is 14.8 Å². The molecular weight excluding hydrogens is 506 g/mol. The smallest absolute Gasteiger partial charge is 0.270 e. The molecule has 40 heavy (non-hydrogen) atoms. The Kier molecular flexibility index (Phi) is 12.6. The number of phenols is 1. The second-order valence-corrected chi connectivity index (χ2v) is 7.87. The molecule has 0 atom stereocenters. The molecule has 4 rings (SSSR count). The molecule has 0 amide bonds. The Balaban J connectivity index is 0.000000319. The van der Waals surface area contributed by atoms with Crippen LogP contribution < -0.4 is 4.74 Å². The minimum atomic E-state index is -0.609. The summed E-state index contributed by atoms with van der Waals surface area (Å²) in [5.41, 5.74) is 2.85. The van der Waals surface area contributed by atoms with Crippen LogP contribution >= 0.6 is 0 Å². The summed E-state index contributed by atoms with van der Waals surface area (Å²) in [4.78, 5) is 13.0. The van der Waals surface area contributed by atoms with Crippen LogP contribution in [0.3, 0.4) is 0 Å². The van der Waals surface area contributed by atoms with Crippen molar-refractivity contribution in [2.24, 2.45) is 0 Å². The third kappa shape index (κ3) is 9.71. The molecule has 4 aromatic carbocycles. The standard InChI is InChI=1S/C15H10N2O.C8H3N3O2.C7H8O.CH3/c1-11-4-3-5-13(8-11)18-14-7-6-12(10-16)15(9-14)17-2;9-4-6-1-2-8(11(12)13)3-7(6)5-10;1-6-3-2-4-7(8)5-6;/h3-9H,1H3;1-3H;2-5,8H,1H3;1H3/q;;;-1. The van der Waals surface area contributed by atoms with Crippen LogP contribution in [-0.4, -0.2) is 10.0 Å². The van der Waals surface area contributed by atoms with Crippen LogP contribution in [0.4, 0.5) is 11.4 Å². The number of non-ortho nitro benzene ring substituents is 1. The molecule has 4 aromatic rings. The number of benzene rings is 4. The Hall–Kier alpha value is -6.16. The minimum absolute atomic E-state index is 0. The molecule has 0 unspecified atom stereocenters. The van der Waals surface area contributed by atoms with Crippen molar-refractivity contribution in [2.45, 2.75) is 13.8 Å². The molecule has 0 aromatic heterocycles. The van der Waals surface area contributed by atoms with Gasteiger partial charge in [0.15, 0.2) is 0 Å². The first-order valence-corrected chi connectivity index (χ1v) is 11.2. The molecule has 1 N–H and O–H groups in total. The summed E-state index contributed by atoms with van der Waals surface area (Å²) >= 11 is 0. The van der Waals surface area contributed by atoms with E-state index in [9.17, 15) is 10.1 Å². The lowest BCUT2D eigenvalue weighted by atomic mass is 10.1. The molecule has 0 aliphatic carbocycles. The molecule has 0 fully saturated rings. The van der Waals surface area contributed by atoms with Gasteiger partial charge < -0.3 is 17.3 Å². The van der Waals surface area contributed by atoms with E-state index in [4.69, 9.17) is 32.2 Å². The van der Waals surface area contributed by atoms with E-state index >= 15 is 0 Å². The van der Waals surface area contributed by atoms with Gasteiger partial charge in [0, 0.05) is 12.1 Å². The molecule has 0 bridgehead atoms.